The summed E-state index contributed by atoms with van der Waals surface area (Å²) in [5, 5.41) is 10.3. The molecular weight excluding hydrogens is 228 g/mol. The highest BCUT2D eigenvalue weighted by Gasteiger charge is 2.28. The minimum Gasteiger partial charge on any atom is -0.497 e. The largest absolute Gasteiger partial charge is 0.497 e. The van der Waals surface area contributed by atoms with Gasteiger partial charge in [-0.2, -0.15) is 0 Å². The fourth-order valence-electron chi connectivity index (χ4n) is 2.55. The van der Waals surface area contributed by atoms with Gasteiger partial charge in [-0.25, -0.2) is 0 Å². The Morgan fingerprint density at radius 1 is 1.22 bits per heavy atom. The maximum absolute atomic E-state index is 12.0. The van der Waals surface area contributed by atoms with Crippen LogP contribution in [0.1, 0.15) is 43.8 Å². The minimum atomic E-state index is -0.679. The van der Waals surface area contributed by atoms with Crippen LogP contribution in [0.2, 0.25) is 0 Å². The number of hydrogen-bond donors (Lipinski definition) is 1. The van der Waals surface area contributed by atoms with Crippen LogP contribution in [0.25, 0.3) is 0 Å². The Morgan fingerprint density at radius 2 is 1.94 bits per heavy atom. The molecule has 0 unspecified atom stereocenters. The van der Waals surface area contributed by atoms with Crippen molar-refractivity contribution in [2.24, 2.45) is 5.92 Å². The van der Waals surface area contributed by atoms with E-state index in [-0.39, 0.29) is 11.7 Å². The Hall–Kier alpha value is -1.35. The van der Waals surface area contributed by atoms with E-state index in [1.54, 1.807) is 7.11 Å². The van der Waals surface area contributed by atoms with Gasteiger partial charge in [0.05, 0.1) is 13.2 Å². The van der Waals surface area contributed by atoms with Crippen molar-refractivity contribution in [1.82, 2.24) is 0 Å². The molecule has 0 amide bonds. The van der Waals surface area contributed by atoms with Gasteiger partial charge in [-0.1, -0.05) is 25.0 Å². The lowest BCUT2D eigenvalue weighted by Crippen LogP contribution is -2.21. The van der Waals surface area contributed by atoms with E-state index in [1.165, 1.54) is 0 Å². The van der Waals surface area contributed by atoms with Gasteiger partial charge in [0.2, 0.25) is 0 Å². The van der Waals surface area contributed by atoms with E-state index < -0.39 is 6.10 Å². The lowest BCUT2D eigenvalue weighted by molar-refractivity contribution is -0.126. The molecule has 0 aromatic heterocycles. The van der Waals surface area contributed by atoms with Crippen LogP contribution in [0.3, 0.4) is 0 Å². The van der Waals surface area contributed by atoms with Gasteiger partial charge in [0.25, 0.3) is 0 Å². The third-order valence-corrected chi connectivity index (χ3v) is 3.69. The van der Waals surface area contributed by atoms with E-state index in [2.05, 4.69) is 0 Å². The second-order valence-corrected chi connectivity index (χ2v) is 4.89. The van der Waals surface area contributed by atoms with Crippen molar-refractivity contribution in [3.8, 4) is 5.75 Å². The number of benzene rings is 1. The molecule has 1 aliphatic rings. The normalized spacial score (nSPS) is 22.3. The molecule has 1 aromatic rings. The first-order valence-corrected chi connectivity index (χ1v) is 6.57. The molecule has 3 heteroatoms. The molecule has 0 aliphatic heterocycles. The number of aliphatic hydroxyl groups excluding tert-OH is 1. The highest BCUT2D eigenvalue weighted by Crippen LogP contribution is 2.31. The molecule has 1 fully saturated rings. The number of ether oxygens (including phenoxy) is 1. The molecule has 0 spiro atoms. The molecule has 1 aliphatic carbocycles. The van der Waals surface area contributed by atoms with Crippen LogP contribution in [0, 0.1) is 5.92 Å². The maximum atomic E-state index is 12.0. The number of ketones is 1. The molecule has 98 valence electrons. The lowest BCUT2D eigenvalue weighted by atomic mass is 9.88. The molecular formula is C15H20O3. The first-order valence-electron chi connectivity index (χ1n) is 6.57. The molecule has 0 radical (unpaired) electrons. The summed E-state index contributed by atoms with van der Waals surface area (Å²) in [4.78, 5) is 12.0. The second-order valence-electron chi connectivity index (χ2n) is 4.89. The predicted octanol–water partition coefficient (Wildman–Crippen LogP) is 2.88. The van der Waals surface area contributed by atoms with Crippen LogP contribution < -0.4 is 4.74 Å². The van der Waals surface area contributed by atoms with Crippen molar-refractivity contribution in [3.63, 3.8) is 0 Å². The fraction of sp³-hybridized carbons (Fsp3) is 0.533. The molecule has 1 N–H and O–H groups in total. The van der Waals surface area contributed by atoms with Gasteiger partial charge in [0, 0.05) is 12.3 Å². The topological polar surface area (TPSA) is 46.5 Å². The van der Waals surface area contributed by atoms with Gasteiger partial charge in [-0.3, -0.25) is 4.79 Å². The fourth-order valence-corrected chi connectivity index (χ4v) is 2.55. The maximum Gasteiger partial charge on any atom is 0.138 e. The zero-order chi connectivity index (χ0) is 13.0. The number of aliphatic hydroxyl groups is 1. The number of carbonyl (C=O) groups excluding carboxylic acids is 1. The summed E-state index contributed by atoms with van der Waals surface area (Å²) in [5.41, 5.74) is 0.802. The van der Waals surface area contributed by atoms with E-state index in [0.29, 0.717) is 6.42 Å². The van der Waals surface area contributed by atoms with Crippen LogP contribution in [0.15, 0.2) is 24.3 Å². The van der Waals surface area contributed by atoms with E-state index in [1.807, 2.05) is 24.3 Å². The Labute approximate surface area is 108 Å². The molecule has 0 bridgehead atoms. The van der Waals surface area contributed by atoms with E-state index in [4.69, 9.17) is 4.74 Å². The summed E-state index contributed by atoms with van der Waals surface area (Å²) >= 11 is 0. The first kappa shape index (κ1) is 13.1. The van der Waals surface area contributed by atoms with Gasteiger partial charge >= 0.3 is 0 Å². The molecule has 2 atom stereocenters. The van der Waals surface area contributed by atoms with E-state index in [9.17, 15) is 9.90 Å². The summed E-state index contributed by atoms with van der Waals surface area (Å²) < 4.78 is 5.09. The van der Waals surface area contributed by atoms with Crippen molar-refractivity contribution in [2.75, 3.05) is 7.11 Å². The van der Waals surface area contributed by atoms with Gasteiger partial charge < -0.3 is 9.84 Å². The highest BCUT2D eigenvalue weighted by molar-refractivity contribution is 5.81. The monoisotopic (exact) mass is 248 g/mol. The molecule has 1 aromatic carbocycles. The van der Waals surface area contributed by atoms with Gasteiger partial charge in [0.15, 0.2) is 0 Å². The summed E-state index contributed by atoms with van der Waals surface area (Å²) in [5.74, 6) is 0.731. The lowest BCUT2D eigenvalue weighted by Gasteiger charge is -2.20. The van der Waals surface area contributed by atoms with Crippen molar-refractivity contribution in [2.45, 2.75) is 38.2 Å². The van der Waals surface area contributed by atoms with Crippen molar-refractivity contribution in [3.05, 3.63) is 29.8 Å². The van der Waals surface area contributed by atoms with Crippen LogP contribution in [0.4, 0.5) is 0 Å². The van der Waals surface area contributed by atoms with Gasteiger partial charge in [-0.15, -0.1) is 0 Å². The average Bonchev–Trinajstić information content (AvgIpc) is 2.63. The van der Waals surface area contributed by atoms with Crippen LogP contribution in [0.5, 0.6) is 5.75 Å². The van der Waals surface area contributed by atoms with Crippen molar-refractivity contribution >= 4 is 5.78 Å². The van der Waals surface area contributed by atoms with Gasteiger partial charge in [0.1, 0.15) is 11.5 Å². The summed E-state index contributed by atoms with van der Waals surface area (Å²) in [6, 6.07) is 7.31. The Kier molecular flexibility index (Phi) is 4.37. The highest BCUT2D eigenvalue weighted by atomic mass is 16.5. The molecule has 1 saturated carbocycles. The number of hydrogen-bond acceptors (Lipinski definition) is 3. The molecule has 18 heavy (non-hydrogen) atoms. The van der Waals surface area contributed by atoms with Crippen LogP contribution in [-0.4, -0.2) is 18.0 Å². The first-order chi connectivity index (χ1) is 8.72. The SMILES string of the molecule is COc1ccc([C@@H](O)[C@H]2CCCCCC2=O)cc1. The second kappa shape index (κ2) is 6.01. The number of methoxy groups -OCH3 is 1. The van der Waals surface area contributed by atoms with Crippen molar-refractivity contribution < 1.29 is 14.6 Å². The summed E-state index contributed by atoms with van der Waals surface area (Å²) in [6.45, 7) is 0. The van der Waals surface area contributed by atoms with Crippen LogP contribution in [-0.2, 0) is 4.79 Å². The summed E-state index contributed by atoms with van der Waals surface area (Å²) in [7, 11) is 1.61. The van der Waals surface area contributed by atoms with Crippen LogP contribution >= 0.6 is 0 Å². The van der Waals surface area contributed by atoms with E-state index in [0.717, 1.165) is 37.0 Å². The average molecular weight is 248 g/mol. The molecule has 2 rings (SSSR count). The van der Waals surface area contributed by atoms with E-state index >= 15 is 0 Å². The smallest absolute Gasteiger partial charge is 0.138 e. The zero-order valence-electron chi connectivity index (χ0n) is 10.8. The number of Topliss-reactive ketones (excluding diaryl/α,β-unsaturated/α-hetero) is 1. The number of rotatable bonds is 3. The quantitative estimate of drug-likeness (QED) is 0.837. The third-order valence-electron chi connectivity index (χ3n) is 3.69. The predicted molar refractivity (Wildman–Crippen MR) is 69.5 cm³/mol. The third kappa shape index (κ3) is 2.91. The Bertz CT molecular complexity index is 397. The molecule has 0 heterocycles. The molecule has 0 saturated heterocycles. The van der Waals surface area contributed by atoms with Crippen molar-refractivity contribution in [1.29, 1.82) is 0 Å². The minimum absolute atomic E-state index is 0.204. The summed E-state index contributed by atoms with van der Waals surface area (Å²) in [6.07, 6.45) is 3.82. The zero-order valence-corrected chi connectivity index (χ0v) is 10.8. The Balaban J connectivity index is 2.12. The molecule has 3 nitrogen and oxygen atoms in total. The van der Waals surface area contributed by atoms with Gasteiger partial charge in [-0.05, 0) is 30.5 Å². The number of carbonyl (C=O) groups is 1. The standard InChI is InChI=1S/C15H20O3/c1-18-12-9-7-11(8-10-12)15(17)13-5-3-2-4-6-14(13)16/h7-10,13,15,17H,2-6H2,1H3/t13-,15+/m0/s1. The Morgan fingerprint density at radius 3 is 2.61 bits per heavy atom.